The lowest BCUT2D eigenvalue weighted by Gasteiger charge is -2.39. The van der Waals surface area contributed by atoms with Gasteiger partial charge in [-0.05, 0) is 36.2 Å². The fourth-order valence-corrected chi connectivity index (χ4v) is 5.91. The van der Waals surface area contributed by atoms with E-state index in [-0.39, 0.29) is 23.6 Å². The second-order valence-electron chi connectivity index (χ2n) is 8.78. The highest BCUT2D eigenvalue weighted by Gasteiger charge is 2.46. The molecular weight excluding hydrogens is 472 g/mol. The van der Waals surface area contributed by atoms with Crippen molar-refractivity contribution >= 4 is 56.0 Å². The van der Waals surface area contributed by atoms with Crippen molar-refractivity contribution in [2.75, 3.05) is 31.1 Å². The van der Waals surface area contributed by atoms with Crippen LogP contribution in [0.3, 0.4) is 0 Å². The van der Waals surface area contributed by atoms with Crippen LogP contribution in [0.5, 0.6) is 0 Å². The number of hydrogen-bond donors (Lipinski definition) is 0. The first-order chi connectivity index (χ1) is 16.4. The van der Waals surface area contributed by atoms with E-state index in [0.717, 1.165) is 15.3 Å². The van der Waals surface area contributed by atoms with Crippen molar-refractivity contribution in [2.45, 2.75) is 26.3 Å². The standard InChI is InChI=1S/C25H25ClN4O3S/c1-3-15(2)21(30-22(31)17-6-4-5-7-18(17)23(30)32)24(33)28-10-12-29(13-11-28)25-27-19-9-8-16(26)14-20(19)34-25/h4-9,14-15,21H,3,10-13H2,1-2H3. The van der Waals surface area contributed by atoms with Gasteiger partial charge in [0.25, 0.3) is 11.8 Å². The third-order valence-electron chi connectivity index (χ3n) is 6.74. The Kier molecular flexibility index (Phi) is 6.04. The molecule has 0 radical (unpaired) electrons. The molecule has 5 rings (SSSR count). The number of carbonyl (C=O) groups is 3. The molecule has 7 nitrogen and oxygen atoms in total. The van der Waals surface area contributed by atoms with E-state index >= 15 is 0 Å². The zero-order chi connectivity index (χ0) is 24.0. The van der Waals surface area contributed by atoms with Gasteiger partial charge in [-0.1, -0.05) is 55.3 Å². The molecule has 2 aromatic carbocycles. The van der Waals surface area contributed by atoms with Crippen LogP contribution in [0.2, 0.25) is 5.02 Å². The smallest absolute Gasteiger partial charge is 0.262 e. The third kappa shape index (κ3) is 3.84. The van der Waals surface area contributed by atoms with Gasteiger partial charge in [0, 0.05) is 31.2 Å². The maximum absolute atomic E-state index is 13.7. The molecule has 2 aliphatic heterocycles. The summed E-state index contributed by atoms with van der Waals surface area (Å²) in [4.78, 5) is 49.8. The largest absolute Gasteiger partial charge is 0.345 e. The molecule has 0 spiro atoms. The van der Waals surface area contributed by atoms with E-state index in [9.17, 15) is 14.4 Å². The highest BCUT2D eigenvalue weighted by atomic mass is 35.5. The number of fused-ring (bicyclic) bond motifs is 2. The number of aromatic nitrogens is 1. The zero-order valence-corrected chi connectivity index (χ0v) is 20.6. The third-order valence-corrected chi connectivity index (χ3v) is 8.05. The lowest BCUT2D eigenvalue weighted by molar-refractivity contribution is -0.137. The van der Waals surface area contributed by atoms with Gasteiger partial charge in [0.1, 0.15) is 6.04 Å². The van der Waals surface area contributed by atoms with Gasteiger partial charge in [-0.2, -0.15) is 0 Å². The average Bonchev–Trinajstić information content (AvgIpc) is 3.38. The number of nitrogens with zero attached hydrogens (tertiary/aromatic N) is 4. The monoisotopic (exact) mass is 496 g/mol. The minimum absolute atomic E-state index is 0.151. The quantitative estimate of drug-likeness (QED) is 0.492. The molecule has 34 heavy (non-hydrogen) atoms. The molecule has 0 N–H and O–H groups in total. The topological polar surface area (TPSA) is 73.8 Å². The average molecular weight is 497 g/mol. The van der Waals surface area contributed by atoms with Crippen molar-refractivity contribution in [3.8, 4) is 0 Å². The number of anilines is 1. The number of amides is 3. The van der Waals surface area contributed by atoms with Gasteiger partial charge in [-0.25, -0.2) is 4.98 Å². The molecule has 0 saturated carbocycles. The number of benzene rings is 2. The van der Waals surface area contributed by atoms with Crippen molar-refractivity contribution < 1.29 is 14.4 Å². The maximum Gasteiger partial charge on any atom is 0.262 e. The highest BCUT2D eigenvalue weighted by Crippen LogP contribution is 2.32. The summed E-state index contributed by atoms with van der Waals surface area (Å²) in [5.74, 6) is -1.08. The summed E-state index contributed by atoms with van der Waals surface area (Å²) >= 11 is 7.69. The first-order valence-corrected chi connectivity index (χ1v) is 12.6. The number of carbonyl (C=O) groups excluding carboxylic acids is 3. The molecule has 1 fully saturated rings. The van der Waals surface area contributed by atoms with Crippen LogP contribution in [0.25, 0.3) is 10.2 Å². The van der Waals surface area contributed by atoms with Gasteiger partial charge < -0.3 is 9.80 Å². The molecule has 2 aliphatic rings. The molecule has 9 heteroatoms. The molecule has 0 bridgehead atoms. The van der Waals surface area contributed by atoms with Gasteiger partial charge in [-0.3, -0.25) is 19.3 Å². The number of halogens is 1. The van der Waals surface area contributed by atoms with Crippen LogP contribution >= 0.6 is 22.9 Å². The van der Waals surface area contributed by atoms with Crippen molar-refractivity contribution in [2.24, 2.45) is 5.92 Å². The summed E-state index contributed by atoms with van der Waals surface area (Å²) < 4.78 is 1.03. The Hall–Kier alpha value is -2.97. The SMILES string of the molecule is CCC(C)C(C(=O)N1CCN(c2nc3ccc(Cl)cc3s2)CC1)N1C(=O)c2ccccc2C1=O. The van der Waals surface area contributed by atoms with Crippen LogP contribution in [0.4, 0.5) is 5.13 Å². The molecule has 3 amide bonds. The van der Waals surface area contributed by atoms with Crippen LogP contribution in [-0.2, 0) is 4.79 Å². The van der Waals surface area contributed by atoms with E-state index < -0.39 is 6.04 Å². The van der Waals surface area contributed by atoms with E-state index in [1.807, 2.05) is 32.0 Å². The fourth-order valence-electron chi connectivity index (χ4n) is 4.62. The fraction of sp³-hybridized carbons (Fsp3) is 0.360. The van der Waals surface area contributed by atoms with Crippen molar-refractivity contribution in [3.63, 3.8) is 0 Å². The summed E-state index contributed by atoms with van der Waals surface area (Å²) in [5, 5.41) is 1.59. The zero-order valence-electron chi connectivity index (χ0n) is 19.0. The van der Waals surface area contributed by atoms with Crippen LogP contribution in [0.1, 0.15) is 41.0 Å². The minimum Gasteiger partial charge on any atom is -0.345 e. The molecule has 0 aliphatic carbocycles. The molecule has 3 heterocycles. The van der Waals surface area contributed by atoms with Crippen molar-refractivity contribution in [3.05, 3.63) is 58.6 Å². The highest BCUT2D eigenvalue weighted by molar-refractivity contribution is 7.22. The summed E-state index contributed by atoms with van der Waals surface area (Å²) in [5.41, 5.74) is 1.65. The number of rotatable bonds is 5. The Morgan fingerprint density at radius 2 is 1.71 bits per heavy atom. The molecule has 1 saturated heterocycles. The second-order valence-corrected chi connectivity index (χ2v) is 10.2. The molecule has 176 valence electrons. The van der Waals surface area contributed by atoms with E-state index in [4.69, 9.17) is 16.6 Å². The second kappa shape index (κ2) is 9.00. The minimum atomic E-state index is -0.812. The predicted molar refractivity (Wildman–Crippen MR) is 134 cm³/mol. The van der Waals surface area contributed by atoms with Crippen molar-refractivity contribution in [1.82, 2.24) is 14.8 Å². The predicted octanol–water partition coefficient (Wildman–Crippen LogP) is 4.31. The molecule has 2 atom stereocenters. The van der Waals surface area contributed by atoms with E-state index in [1.54, 1.807) is 40.5 Å². The van der Waals surface area contributed by atoms with Gasteiger partial charge in [0.05, 0.1) is 21.3 Å². The number of piperazine rings is 1. The molecule has 1 aromatic heterocycles. The molecule has 2 unspecified atom stereocenters. The Bertz CT molecular complexity index is 1250. The Labute approximate surface area is 206 Å². The first kappa shape index (κ1) is 22.8. The molecule has 3 aromatic rings. The van der Waals surface area contributed by atoms with Crippen molar-refractivity contribution in [1.29, 1.82) is 0 Å². The Morgan fingerprint density at radius 1 is 1.06 bits per heavy atom. The van der Waals surface area contributed by atoms with Crippen LogP contribution < -0.4 is 4.90 Å². The summed E-state index contributed by atoms with van der Waals surface area (Å²) in [6.45, 7) is 6.18. The maximum atomic E-state index is 13.7. The van der Waals surface area contributed by atoms with E-state index in [0.29, 0.717) is 48.7 Å². The van der Waals surface area contributed by atoms with Gasteiger partial charge >= 0.3 is 0 Å². The Morgan fingerprint density at radius 3 is 2.32 bits per heavy atom. The summed E-state index contributed by atoms with van der Waals surface area (Å²) in [7, 11) is 0. The number of thiazole rings is 1. The van der Waals surface area contributed by atoms with Gasteiger partial charge in [-0.15, -0.1) is 0 Å². The van der Waals surface area contributed by atoms with Crippen LogP contribution in [-0.4, -0.2) is 64.7 Å². The summed E-state index contributed by atoms with van der Waals surface area (Å²) in [6, 6.07) is 11.6. The molecular formula is C25H25ClN4O3S. The number of imide groups is 1. The lowest BCUT2D eigenvalue weighted by atomic mass is 9.95. The number of hydrogen-bond acceptors (Lipinski definition) is 6. The summed E-state index contributed by atoms with van der Waals surface area (Å²) in [6.07, 6.45) is 0.679. The normalized spacial score (nSPS) is 17.9. The van der Waals surface area contributed by atoms with Crippen LogP contribution in [0, 0.1) is 5.92 Å². The Balaban J connectivity index is 1.33. The van der Waals surface area contributed by atoms with E-state index in [1.165, 1.54) is 4.90 Å². The van der Waals surface area contributed by atoms with Gasteiger partial charge in [0.15, 0.2) is 5.13 Å². The van der Waals surface area contributed by atoms with Crippen LogP contribution in [0.15, 0.2) is 42.5 Å². The first-order valence-electron chi connectivity index (χ1n) is 11.5. The van der Waals surface area contributed by atoms with Gasteiger partial charge in [0.2, 0.25) is 5.91 Å². The van der Waals surface area contributed by atoms with E-state index in [2.05, 4.69) is 4.90 Å². The lowest BCUT2D eigenvalue weighted by Crippen LogP contribution is -2.58.